The topological polar surface area (TPSA) is 9.23 Å². The van der Waals surface area contributed by atoms with Crippen molar-refractivity contribution in [1.29, 1.82) is 0 Å². The third kappa shape index (κ3) is 3.44. The first-order valence-corrected chi connectivity index (χ1v) is 7.69. The molecule has 1 saturated carbocycles. The molecule has 1 aliphatic carbocycles. The van der Waals surface area contributed by atoms with Crippen molar-refractivity contribution in [2.75, 3.05) is 6.61 Å². The third-order valence-electron chi connectivity index (χ3n) is 4.46. The Bertz CT molecular complexity index is 588. The van der Waals surface area contributed by atoms with Crippen molar-refractivity contribution in [2.24, 2.45) is 16.7 Å². The van der Waals surface area contributed by atoms with Gasteiger partial charge in [0.2, 0.25) is 0 Å². The molecule has 0 N–H and O–H groups in total. The van der Waals surface area contributed by atoms with E-state index in [9.17, 15) is 0 Å². The first-order chi connectivity index (χ1) is 9.76. The molecule has 0 atom stereocenters. The molecule has 0 spiro atoms. The minimum atomic E-state index is 0.350. The first kappa shape index (κ1) is 16.0. The normalized spacial score (nSPS) is 19.1. The lowest BCUT2D eigenvalue weighted by Crippen LogP contribution is -2.52. The molecular weight excluding hydrogens is 280 g/mol. The maximum atomic E-state index is 6.22. The minimum absolute atomic E-state index is 0.350. The molecule has 0 aliphatic heterocycles. The second-order valence-corrected chi connectivity index (χ2v) is 7.54. The van der Waals surface area contributed by atoms with E-state index < -0.39 is 0 Å². The fraction of sp³-hybridized carbons (Fsp3) is 0.474. The maximum absolute atomic E-state index is 6.22. The van der Waals surface area contributed by atoms with E-state index in [0.29, 0.717) is 21.8 Å². The van der Waals surface area contributed by atoms with Crippen molar-refractivity contribution in [3.8, 4) is 17.6 Å². The van der Waals surface area contributed by atoms with E-state index in [1.54, 1.807) is 6.08 Å². The molecule has 2 heteroatoms. The summed E-state index contributed by atoms with van der Waals surface area (Å²) in [6, 6.07) is 5.66. The Kier molecular flexibility index (Phi) is 4.40. The van der Waals surface area contributed by atoms with Crippen molar-refractivity contribution < 1.29 is 4.74 Å². The zero-order chi connectivity index (χ0) is 15.7. The van der Waals surface area contributed by atoms with E-state index >= 15 is 0 Å². The summed E-state index contributed by atoms with van der Waals surface area (Å²) in [7, 11) is 0. The molecular formula is C19H23ClO. The minimum Gasteiger partial charge on any atom is -0.493 e. The van der Waals surface area contributed by atoms with Crippen molar-refractivity contribution in [3.05, 3.63) is 41.4 Å². The molecule has 0 heterocycles. The van der Waals surface area contributed by atoms with Crippen LogP contribution in [-0.2, 0) is 0 Å². The second kappa shape index (κ2) is 5.78. The van der Waals surface area contributed by atoms with Gasteiger partial charge in [0.05, 0.1) is 11.6 Å². The zero-order valence-corrected chi connectivity index (χ0v) is 14.1. The highest BCUT2D eigenvalue weighted by molar-refractivity contribution is 6.31. The van der Waals surface area contributed by atoms with E-state index in [1.165, 1.54) is 6.42 Å². The van der Waals surface area contributed by atoms with Crippen LogP contribution >= 0.6 is 11.6 Å². The predicted octanol–water partition coefficient (Wildman–Crippen LogP) is 5.33. The summed E-state index contributed by atoms with van der Waals surface area (Å²) < 4.78 is 5.97. The molecule has 1 aliphatic rings. The number of ether oxygens (including phenoxy) is 1. The van der Waals surface area contributed by atoms with Gasteiger partial charge in [-0.15, -0.1) is 0 Å². The molecule has 0 aromatic heterocycles. The average molecular weight is 303 g/mol. The monoisotopic (exact) mass is 302 g/mol. The number of hydrogen-bond acceptors (Lipinski definition) is 1. The predicted molar refractivity (Wildman–Crippen MR) is 89.7 cm³/mol. The molecule has 0 bridgehead atoms. The van der Waals surface area contributed by atoms with Crippen LogP contribution in [0.1, 0.15) is 39.7 Å². The Hall–Kier alpha value is -1.39. The Balaban J connectivity index is 2.04. The van der Waals surface area contributed by atoms with Crippen molar-refractivity contribution in [3.63, 3.8) is 0 Å². The molecule has 0 radical (unpaired) electrons. The standard InChI is InChI=1S/C19H23ClO/c1-6-7-8-14-9-10-15(11-16(14)20)21-12-17-18(2,3)13-19(17,4)5/h6,9-11,17H,1,12-13H2,2-5H3. The van der Waals surface area contributed by atoms with E-state index in [2.05, 4.69) is 46.1 Å². The van der Waals surface area contributed by atoms with Crippen LogP contribution in [0.4, 0.5) is 0 Å². The third-order valence-corrected chi connectivity index (χ3v) is 4.78. The number of hydrogen-bond donors (Lipinski definition) is 0. The summed E-state index contributed by atoms with van der Waals surface area (Å²) in [5.74, 6) is 7.12. The molecule has 1 aromatic carbocycles. The number of allylic oxidation sites excluding steroid dienone is 1. The van der Waals surface area contributed by atoms with E-state index in [1.807, 2.05) is 18.2 Å². The van der Waals surface area contributed by atoms with Crippen LogP contribution in [-0.4, -0.2) is 6.61 Å². The van der Waals surface area contributed by atoms with Gasteiger partial charge in [0, 0.05) is 17.5 Å². The quantitative estimate of drug-likeness (QED) is 0.686. The van der Waals surface area contributed by atoms with E-state index in [-0.39, 0.29) is 0 Å². The van der Waals surface area contributed by atoms with Crippen molar-refractivity contribution in [2.45, 2.75) is 34.1 Å². The van der Waals surface area contributed by atoms with Crippen molar-refractivity contribution in [1.82, 2.24) is 0 Å². The van der Waals surface area contributed by atoms with Gasteiger partial charge < -0.3 is 4.74 Å². The Morgan fingerprint density at radius 3 is 2.52 bits per heavy atom. The van der Waals surface area contributed by atoms with Gasteiger partial charge >= 0.3 is 0 Å². The van der Waals surface area contributed by atoms with Gasteiger partial charge in [0.1, 0.15) is 5.75 Å². The summed E-state index contributed by atoms with van der Waals surface area (Å²) in [4.78, 5) is 0. The van der Waals surface area contributed by atoms with Crippen LogP contribution in [0, 0.1) is 28.6 Å². The zero-order valence-electron chi connectivity index (χ0n) is 13.3. The summed E-state index contributed by atoms with van der Waals surface area (Å²) in [6.07, 6.45) is 2.80. The van der Waals surface area contributed by atoms with Gasteiger partial charge in [-0.1, -0.05) is 57.7 Å². The second-order valence-electron chi connectivity index (χ2n) is 7.13. The summed E-state index contributed by atoms with van der Waals surface area (Å²) >= 11 is 6.22. The van der Waals surface area contributed by atoms with Gasteiger partial charge in [-0.3, -0.25) is 0 Å². The molecule has 1 fully saturated rings. The molecule has 21 heavy (non-hydrogen) atoms. The van der Waals surface area contributed by atoms with Crippen LogP contribution in [0.3, 0.4) is 0 Å². The van der Waals surface area contributed by atoms with Gasteiger partial charge in [0.25, 0.3) is 0 Å². The largest absolute Gasteiger partial charge is 0.493 e. The summed E-state index contributed by atoms with van der Waals surface area (Å²) in [6.45, 7) is 13.6. The highest BCUT2D eigenvalue weighted by Crippen LogP contribution is 2.58. The lowest BCUT2D eigenvalue weighted by atomic mass is 9.48. The first-order valence-electron chi connectivity index (χ1n) is 7.31. The summed E-state index contributed by atoms with van der Waals surface area (Å²) in [5, 5.41) is 0.619. The average Bonchev–Trinajstić information content (AvgIpc) is 2.35. The molecule has 2 rings (SSSR count). The van der Waals surface area contributed by atoms with Gasteiger partial charge in [-0.25, -0.2) is 0 Å². The Morgan fingerprint density at radius 1 is 1.33 bits per heavy atom. The van der Waals surface area contributed by atoms with Crippen LogP contribution in [0.25, 0.3) is 0 Å². The molecule has 112 valence electrons. The number of halogens is 1. The van der Waals surface area contributed by atoms with Gasteiger partial charge in [-0.05, 0) is 35.5 Å². The molecule has 1 nitrogen and oxygen atoms in total. The highest BCUT2D eigenvalue weighted by Gasteiger charge is 2.52. The fourth-order valence-corrected chi connectivity index (χ4v) is 4.01. The molecule has 0 saturated heterocycles. The lowest BCUT2D eigenvalue weighted by Gasteiger charge is -2.57. The van der Waals surface area contributed by atoms with Crippen LogP contribution in [0.2, 0.25) is 5.02 Å². The number of benzene rings is 1. The maximum Gasteiger partial charge on any atom is 0.120 e. The van der Waals surface area contributed by atoms with E-state index in [4.69, 9.17) is 16.3 Å². The Labute approximate surface area is 133 Å². The van der Waals surface area contributed by atoms with Crippen LogP contribution < -0.4 is 4.74 Å². The lowest BCUT2D eigenvalue weighted by molar-refractivity contribution is -0.101. The fourth-order valence-electron chi connectivity index (χ4n) is 3.79. The number of rotatable bonds is 3. The molecule has 0 amide bonds. The molecule has 1 aromatic rings. The van der Waals surface area contributed by atoms with E-state index in [0.717, 1.165) is 17.9 Å². The highest BCUT2D eigenvalue weighted by atomic mass is 35.5. The van der Waals surface area contributed by atoms with Gasteiger partial charge in [-0.2, -0.15) is 0 Å². The SMILES string of the molecule is C=CC#Cc1ccc(OCC2C(C)(C)CC2(C)C)cc1Cl. The molecule has 0 unspecified atom stereocenters. The smallest absolute Gasteiger partial charge is 0.120 e. The summed E-state index contributed by atoms with van der Waals surface area (Å²) in [5.41, 5.74) is 1.50. The van der Waals surface area contributed by atoms with Crippen LogP contribution in [0.5, 0.6) is 5.75 Å². The van der Waals surface area contributed by atoms with Gasteiger partial charge in [0.15, 0.2) is 0 Å². The van der Waals surface area contributed by atoms with Crippen LogP contribution in [0.15, 0.2) is 30.9 Å². The Morgan fingerprint density at radius 2 is 2.00 bits per heavy atom. The van der Waals surface area contributed by atoms with Crippen molar-refractivity contribution >= 4 is 11.6 Å².